The number of aryl methyl sites for hydroxylation is 1. The molecule has 3 rings (SSSR count). The Morgan fingerprint density at radius 1 is 1.24 bits per heavy atom. The highest BCUT2D eigenvalue weighted by molar-refractivity contribution is 6.32. The molecule has 0 saturated heterocycles. The van der Waals surface area contributed by atoms with E-state index in [9.17, 15) is 4.79 Å². The van der Waals surface area contributed by atoms with Crippen molar-refractivity contribution >= 4 is 28.9 Å². The third kappa shape index (κ3) is 2.95. The van der Waals surface area contributed by atoms with Crippen molar-refractivity contribution in [3.8, 4) is 5.75 Å². The molecule has 108 valence electrons. The molecule has 5 heteroatoms. The standard InChI is InChI=1S/C16H15ClN2O2/c17-12-9-11(18)6-8-14(12)21-15-7-5-10-3-1-2-4-13(10)19-16(15)20/h1-4,6,8-9,15H,5,7,18H2,(H,19,20). The van der Waals surface area contributed by atoms with Crippen molar-refractivity contribution in [3.63, 3.8) is 0 Å². The van der Waals surface area contributed by atoms with Crippen LogP contribution < -0.4 is 15.8 Å². The highest BCUT2D eigenvalue weighted by atomic mass is 35.5. The van der Waals surface area contributed by atoms with E-state index < -0.39 is 6.10 Å². The minimum atomic E-state index is -0.571. The molecule has 1 atom stereocenters. The molecule has 1 aliphatic heterocycles. The number of para-hydroxylation sites is 1. The summed E-state index contributed by atoms with van der Waals surface area (Å²) in [5.41, 5.74) is 8.17. The summed E-state index contributed by atoms with van der Waals surface area (Å²) in [7, 11) is 0. The summed E-state index contributed by atoms with van der Waals surface area (Å²) in [6.07, 6.45) is 0.800. The van der Waals surface area contributed by atoms with Gasteiger partial charge in [-0.25, -0.2) is 0 Å². The number of halogens is 1. The lowest BCUT2D eigenvalue weighted by Crippen LogP contribution is -2.31. The Hall–Kier alpha value is -2.20. The lowest BCUT2D eigenvalue weighted by molar-refractivity contribution is -0.122. The van der Waals surface area contributed by atoms with Crippen LogP contribution in [0.2, 0.25) is 5.02 Å². The molecule has 0 radical (unpaired) electrons. The second-order valence-electron chi connectivity index (χ2n) is 4.98. The van der Waals surface area contributed by atoms with E-state index >= 15 is 0 Å². The summed E-state index contributed by atoms with van der Waals surface area (Å²) in [5, 5.41) is 3.30. The average Bonchev–Trinajstić information content (AvgIpc) is 2.61. The second kappa shape index (κ2) is 5.66. The van der Waals surface area contributed by atoms with Crippen LogP contribution in [0, 0.1) is 0 Å². The number of hydrogen-bond acceptors (Lipinski definition) is 3. The molecule has 1 heterocycles. The molecule has 0 aliphatic carbocycles. The van der Waals surface area contributed by atoms with Gasteiger partial charge < -0.3 is 15.8 Å². The van der Waals surface area contributed by atoms with Crippen LogP contribution in [0.4, 0.5) is 11.4 Å². The zero-order chi connectivity index (χ0) is 14.8. The van der Waals surface area contributed by atoms with Crippen molar-refractivity contribution < 1.29 is 9.53 Å². The Morgan fingerprint density at radius 2 is 2.05 bits per heavy atom. The highest BCUT2D eigenvalue weighted by Gasteiger charge is 2.25. The van der Waals surface area contributed by atoms with Crippen molar-refractivity contribution in [1.29, 1.82) is 0 Å². The van der Waals surface area contributed by atoms with Crippen LogP contribution in [-0.4, -0.2) is 12.0 Å². The van der Waals surface area contributed by atoms with Crippen molar-refractivity contribution in [2.45, 2.75) is 18.9 Å². The van der Waals surface area contributed by atoms with E-state index in [-0.39, 0.29) is 5.91 Å². The van der Waals surface area contributed by atoms with Gasteiger partial charge in [0, 0.05) is 11.4 Å². The molecular formula is C16H15ClN2O2. The van der Waals surface area contributed by atoms with E-state index in [0.717, 1.165) is 17.7 Å². The summed E-state index contributed by atoms with van der Waals surface area (Å²) in [4.78, 5) is 12.3. The van der Waals surface area contributed by atoms with E-state index in [1.165, 1.54) is 0 Å². The van der Waals surface area contributed by atoms with Crippen LogP contribution in [-0.2, 0) is 11.2 Å². The molecule has 4 nitrogen and oxygen atoms in total. The molecule has 1 amide bonds. The minimum Gasteiger partial charge on any atom is -0.479 e. The number of nitrogens with one attached hydrogen (secondary N) is 1. The van der Waals surface area contributed by atoms with Gasteiger partial charge in [-0.2, -0.15) is 0 Å². The number of amides is 1. The van der Waals surface area contributed by atoms with Gasteiger partial charge in [0.2, 0.25) is 0 Å². The number of ether oxygens (including phenoxy) is 1. The molecule has 2 aromatic carbocycles. The Labute approximate surface area is 127 Å². The van der Waals surface area contributed by atoms with E-state index in [4.69, 9.17) is 22.1 Å². The lowest BCUT2D eigenvalue weighted by atomic mass is 10.1. The summed E-state index contributed by atoms with van der Waals surface area (Å²) >= 11 is 6.09. The van der Waals surface area contributed by atoms with Gasteiger partial charge in [-0.3, -0.25) is 4.79 Å². The first-order valence-corrected chi connectivity index (χ1v) is 7.12. The monoisotopic (exact) mass is 302 g/mol. The maximum atomic E-state index is 12.3. The molecule has 1 unspecified atom stereocenters. The number of nitrogens with two attached hydrogens (primary N) is 1. The van der Waals surface area contributed by atoms with Gasteiger partial charge in [0.1, 0.15) is 5.75 Å². The lowest BCUT2D eigenvalue weighted by Gasteiger charge is -2.17. The van der Waals surface area contributed by atoms with E-state index in [1.807, 2.05) is 24.3 Å². The minimum absolute atomic E-state index is 0.159. The fraction of sp³-hybridized carbons (Fsp3) is 0.188. The van der Waals surface area contributed by atoms with Gasteiger partial charge in [-0.05, 0) is 42.7 Å². The van der Waals surface area contributed by atoms with Crippen LogP contribution in [0.3, 0.4) is 0 Å². The fourth-order valence-corrected chi connectivity index (χ4v) is 2.60. The number of carbonyl (C=O) groups excluding carboxylic acids is 1. The molecule has 0 fully saturated rings. The van der Waals surface area contributed by atoms with Crippen LogP contribution >= 0.6 is 11.6 Å². The summed E-state index contributed by atoms with van der Waals surface area (Å²) in [6, 6.07) is 12.8. The number of nitrogen functional groups attached to an aromatic ring is 1. The molecule has 1 aliphatic rings. The summed E-state index contributed by atoms with van der Waals surface area (Å²) < 4.78 is 5.77. The predicted molar refractivity (Wildman–Crippen MR) is 83.7 cm³/mol. The number of benzene rings is 2. The molecule has 3 N–H and O–H groups in total. The summed E-state index contributed by atoms with van der Waals surface area (Å²) in [6.45, 7) is 0. The van der Waals surface area contributed by atoms with Gasteiger partial charge in [0.05, 0.1) is 5.02 Å². The van der Waals surface area contributed by atoms with Gasteiger partial charge in [0.15, 0.2) is 6.10 Å². The van der Waals surface area contributed by atoms with Gasteiger partial charge in [0.25, 0.3) is 5.91 Å². The quantitative estimate of drug-likeness (QED) is 0.837. The number of carbonyl (C=O) groups is 1. The fourth-order valence-electron chi connectivity index (χ4n) is 2.37. The van der Waals surface area contributed by atoms with Gasteiger partial charge in [-0.1, -0.05) is 29.8 Å². The Kier molecular flexibility index (Phi) is 3.71. The smallest absolute Gasteiger partial charge is 0.265 e. The van der Waals surface area contributed by atoms with Crippen molar-refractivity contribution in [2.24, 2.45) is 0 Å². The molecule has 2 aromatic rings. The normalized spacial score (nSPS) is 17.6. The van der Waals surface area contributed by atoms with E-state index in [2.05, 4.69) is 5.32 Å². The first-order valence-electron chi connectivity index (χ1n) is 6.74. The average molecular weight is 303 g/mol. The van der Waals surface area contributed by atoms with E-state index in [0.29, 0.717) is 22.9 Å². The SMILES string of the molecule is Nc1ccc(OC2CCc3ccccc3NC2=O)c(Cl)c1. The topological polar surface area (TPSA) is 64.3 Å². The maximum Gasteiger partial charge on any atom is 0.265 e. The number of fused-ring (bicyclic) bond motifs is 1. The maximum absolute atomic E-state index is 12.3. The Balaban J connectivity index is 1.80. The van der Waals surface area contributed by atoms with Crippen LogP contribution in [0.15, 0.2) is 42.5 Å². The van der Waals surface area contributed by atoms with E-state index in [1.54, 1.807) is 18.2 Å². The number of rotatable bonds is 2. The van der Waals surface area contributed by atoms with Gasteiger partial charge in [-0.15, -0.1) is 0 Å². The molecule has 0 spiro atoms. The van der Waals surface area contributed by atoms with Crippen LogP contribution in [0.25, 0.3) is 0 Å². The first kappa shape index (κ1) is 13.8. The van der Waals surface area contributed by atoms with Crippen LogP contribution in [0.5, 0.6) is 5.75 Å². The Morgan fingerprint density at radius 3 is 2.86 bits per heavy atom. The second-order valence-corrected chi connectivity index (χ2v) is 5.39. The molecular weight excluding hydrogens is 288 g/mol. The molecule has 0 bridgehead atoms. The summed E-state index contributed by atoms with van der Waals surface area (Å²) in [5.74, 6) is 0.310. The third-order valence-electron chi connectivity index (χ3n) is 3.47. The molecule has 0 saturated carbocycles. The Bertz CT molecular complexity index is 688. The van der Waals surface area contributed by atoms with Crippen molar-refractivity contribution in [1.82, 2.24) is 0 Å². The first-order chi connectivity index (χ1) is 10.1. The predicted octanol–water partition coefficient (Wildman–Crippen LogP) is 3.25. The number of hydrogen-bond donors (Lipinski definition) is 2. The van der Waals surface area contributed by atoms with Crippen molar-refractivity contribution in [2.75, 3.05) is 11.1 Å². The number of anilines is 2. The van der Waals surface area contributed by atoms with Gasteiger partial charge >= 0.3 is 0 Å². The van der Waals surface area contributed by atoms with Crippen LogP contribution in [0.1, 0.15) is 12.0 Å². The highest BCUT2D eigenvalue weighted by Crippen LogP contribution is 2.29. The largest absolute Gasteiger partial charge is 0.479 e. The zero-order valence-corrected chi connectivity index (χ0v) is 12.1. The third-order valence-corrected chi connectivity index (χ3v) is 3.76. The molecule has 21 heavy (non-hydrogen) atoms. The molecule has 0 aromatic heterocycles. The van der Waals surface area contributed by atoms with Crippen molar-refractivity contribution in [3.05, 3.63) is 53.1 Å². The zero-order valence-electron chi connectivity index (χ0n) is 11.3.